The van der Waals surface area contributed by atoms with Crippen molar-refractivity contribution in [3.63, 3.8) is 0 Å². The van der Waals surface area contributed by atoms with E-state index in [0.29, 0.717) is 0 Å². The molecule has 0 saturated carbocycles. The third-order valence-electron chi connectivity index (χ3n) is 3.71. The number of benzene rings is 2. The van der Waals surface area contributed by atoms with Crippen molar-refractivity contribution in [3.05, 3.63) is 66.2 Å². The largest absolute Gasteiger partial charge is 0.494 e. The van der Waals surface area contributed by atoms with Gasteiger partial charge in [-0.2, -0.15) is 0 Å². The zero-order valence-corrected chi connectivity index (χ0v) is 14.2. The van der Waals surface area contributed by atoms with Gasteiger partial charge in [0.05, 0.1) is 17.1 Å². The summed E-state index contributed by atoms with van der Waals surface area (Å²) in [5, 5.41) is 2.27. The number of hydrogen-bond acceptors (Lipinski definition) is 3. The molecule has 0 radical (unpaired) electrons. The van der Waals surface area contributed by atoms with Crippen LogP contribution in [-0.4, -0.2) is 17.3 Å². The average molecular weight is 323 g/mol. The molecule has 0 N–H and O–H groups in total. The van der Waals surface area contributed by atoms with Crippen LogP contribution in [0.4, 0.5) is 0 Å². The van der Waals surface area contributed by atoms with Crippen molar-refractivity contribution in [1.82, 2.24) is 4.98 Å². The van der Waals surface area contributed by atoms with Crippen LogP contribution in [0, 0.1) is 0 Å². The summed E-state index contributed by atoms with van der Waals surface area (Å²) < 4.78 is 5.78. The first-order valence-electron chi connectivity index (χ1n) is 8.05. The predicted octanol–water partition coefficient (Wildman–Crippen LogP) is 5.36. The standard InChI is InChI=1S/C20H21NOS/c1-2-16-8-11-18(12-9-16)22-14-5-15-23-20-13-10-17-6-3-4-7-19(17)21-20/h3-4,6-13H,2,5,14-15H2,1H3. The summed E-state index contributed by atoms with van der Waals surface area (Å²) in [4.78, 5) is 4.67. The molecule has 118 valence electrons. The van der Waals surface area contributed by atoms with Crippen molar-refractivity contribution >= 4 is 22.7 Å². The number of para-hydroxylation sites is 1. The van der Waals surface area contributed by atoms with E-state index in [1.54, 1.807) is 11.8 Å². The zero-order valence-electron chi connectivity index (χ0n) is 13.4. The summed E-state index contributed by atoms with van der Waals surface area (Å²) >= 11 is 1.79. The van der Waals surface area contributed by atoms with Crippen molar-refractivity contribution in [2.45, 2.75) is 24.8 Å². The zero-order chi connectivity index (χ0) is 15.9. The van der Waals surface area contributed by atoms with Gasteiger partial charge in [-0.3, -0.25) is 0 Å². The molecule has 0 aliphatic heterocycles. The lowest BCUT2D eigenvalue weighted by molar-refractivity contribution is 0.318. The maximum absolute atomic E-state index is 5.78. The highest BCUT2D eigenvalue weighted by atomic mass is 32.2. The predicted molar refractivity (Wildman–Crippen MR) is 98.4 cm³/mol. The molecule has 3 rings (SSSR count). The SMILES string of the molecule is CCc1ccc(OCCCSc2ccc3ccccc3n2)cc1. The lowest BCUT2D eigenvalue weighted by atomic mass is 10.2. The molecule has 0 amide bonds. The fourth-order valence-corrected chi connectivity index (χ4v) is 3.17. The van der Waals surface area contributed by atoms with Gasteiger partial charge in [0, 0.05) is 11.1 Å². The molecule has 0 unspecified atom stereocenters. The fraction of sp³-hybridized carbons (Fsp3) is 0.250. The number of nitrogens with zero attached hydrogens (tertiary/aromatic N) is 1. The molecule has 23 heavy (non-hydrogen) atoms. The van der Waals surface area contributed by atoms with Crippen LogP contribution in [0.1, 0.15) is 18.9 Å². The van der Waals surface area contributed by atoms with E-state index in [-0.39, 0.29) is 0 Å². The molecule has 3 heteroatoms. The van der Waals surface area contributed by atoms with Gasteiger partial charge in [0.1, 0.15) is 5.75 Å². The second kappa shape index (κ2) is 8.02. The molecule has 1 heterocycles. The Kier molecular flexibility index (Phi) is 5.54. The Morgan fingerprint density at radius 2 is 1.78 bits per heavy atom. The number of aromatic nitrogens is 1. The third kappa shape index (κ3) is 4.49. The number of rotatable bonds is 7. The normalized spacial score (nSPS) is 10.8. The number of fused-ring (bicyclic) bond motifs is 1. The first kappa shape index (κ1) is 15.9. The highest BCUT2D eigenvalue weighted by molar-refractivity contribution is 7.99. The molecular weight excluding hydrogens is 302 g/mol. The van der Waals surface area contributed by atoms with Crippen molar-refractivity contribution in [1.29, 1.82) is 0 Å². The van der Waals surface area contributed by atoms with E-state index in [0.717, 1.165) is 41.5 Å². The Hall–Kier alpha value is -2.00. The quantitative estimate of drug-likeness (QED) is 0.432. The highest BCUT2D eigenvalue weighted by Gasteiger charge is 2.00. The molecule has 0 aliphatic rings. The van der Waals surface area contributed by atoms with Crippen LogP contribution < -0.4 is 4.74 Å². The average Bonchev–Trinajstić information content (AvgIpc) is 2.62. The van der Waals surface area contributed by atoms with Gasteiger partial charge in [-0.1, -0.05) is 43.3 Å². The molecular formula is C20H21NOS. The molecule has 0 saturated heterocycles. The smallest absolute Gasteiger partial charge is 0.119 e. The molecule has 0 atom stereocenters. The Morgan fingerprint density at radius 1 is 0.957 bits per heavy atom. The van der Waals surface area contributed by atoms with Gasteiger partial charge in [0.15, 0.2) is 0 Å². The van der Waals surface area contributed by atoms with Gasteiger partial charge in [-0.05, 0) is 42.7 Å². The number of hydrogen-bond donors (Lipinski definition) is 0. The summed E-state index contributed by atoms with van der Waals surface area (Å²) in [5.41, 5.74) is 2.40. The topological polar surface area (TPSA) is 22.1 Å². The van der Waals surface area contributed by atoms with Crippen LogP contribution in [0.15, 0.2) is 65.7 Å². The Balaban J connectivity index is 1.43. The minimum absolute atomic E-state index is 0.742. The lowest BCUT2D eigenvalue weighted by Crippen LogP contribution is -1.99. The third-order valence-corrected chi connectivity index (χ3v) is 4.73. The molecule has 0 spiro atoms. The molecule has 0 aliphatic carbocycles. The van der Waals surface area contributed by atoms with Gasteiger partial charge < -0.3 is 4.74 Å². The first-order valence-corrected chi connectivity index (χ1v) is 9.04. The minimum atomic E-state index is 0.742. The van der Waals surface area contributed by atoms with Crippen LogP contribution in [0.3, 0.4) is 0 Å². The summed E-state index contributed by atoms with van der Waals surface area (Å²) in [5.74, 6) is 1.97. The van der Waals surface area contributed by atoms with Crippen molar-refractivity contribution in [2.75, 3.05) is 12.4 Å². The van der Waals surface area contributed by atoms with Gasteiger partial charge >= 0.3 is 0 Å². The molecule has 2 aromatic carbocycles. The Bertz CT molecular complexity index is 755. The summed E-state index contributed by atoms with van der Waals surface area (Å²) in [6, 6.07) is 20.8. The van der Waals surface area contributed by atoms with E-state index in [4.69, 9.17) is 4.74 Å². The van der Waals surface area contributed by atoms with Crippen LogP contribution in [0.5, 0.6) is 5.75 Å². The van der Waals surface area contributed by atoms with E-state index < -0.39 is 0 Å². The number of aryl methyl sites for hydroxylation is 1. The summed E-state index contributed by atoms with van der Waals surface area (Å²) in [6.07, 6.45) is 2.07. The van der Waals surface area contributed by atoms with E-state index in [9.17, 15) is 0 Å². The summed E-state index contributed by atoms with van der Waals surface area (Å²) in [6.45, 7) is 2.90. The molecule has 1 aromatic heterocycles. The summed E-state index contributed by atoms with van der Waals surface area (Å²) in [7, 11) is 0. The van der Waals surface area contributed by atoms with E-state index >= 15 is 0 Å². The highest BCUT2D eigenvalue weighted by Crippen LogP contribution is 2.20. The van der Waals surface area contributed by atoms with Gasteiger partial charge in [-0.25, -0.2) is 4.98 Å². The minimum Gasteiger partial charge on any atom is -0.494 e. The van der Waals surface area contributed by atoms with Crippen molar-refractivity contribution in [3.8, 4) is 5.75 Å². The second-order valence-electron chi connectivity index (χ2n) is 5.39. The van der Waals surface area contributed by atoms with Gasteiger partial charge in [0.2, 0.25) is 0 Å². The van der Waals surface area contributed by atoms with E-state index in [2.05, 4.69) is 60.4 Å². The monoisotopic (exact) mass is 323 g/mol. The maximum Gasteiger partial charge on any atom is 0.119 e. The van der Waals surface area contributed by atoms with Crippen LogP contribution >= 0.6 is 11.8 Å². The maximum atomic E-state index is 5.78. The van der Waals surface area contributed by atoms with Crippen LogP contribution in [-0.2, 0) is 6.42 Å². The number of ether oxygens (including phenoxy) is 1. The van der Waals surface area contributed by atoms with Gasteiger partial charge in [0.25, 0.3) is 0 Å². The Labute approximate surface area is 141 Å². The van der Waals surface area contributed by atoms with E-state index in [1.807, 2.05) is 12.1 Å². The first-order chi connectivity index (χ1) is 11.3. The molecule has 3 aromatic rings. The van der Waals surface area contributed by atoms with Crippen molar-refractivity contribution in [2.24, 2.45) is 0 Å². The van der Waals surface area contributed by atoms with Gasteiger partial charge in [-0.15, -0.1) is 11.8 Å². The molecule has 0 bridgehead atoms. The fourth-order valence-electron chi connectivity index (χ4n) is 2.37. The number of pyridine rings is 1. The van der Waals surface area contributed by atoms with Crippen LogP contribution in [0.2, 0.25) is 0 Å². The lowest BCUT2D eigenvalue weighted by Gasteiger charge is -2.07. The van der Waals surface area contributed by atoms with Crippen molar-refractivity contribution < 1.29 is 4.74 Å². The second-order valence-corrected chi connectivity index (χ2v) is 6.51. The molecule has 0 fully saturated rings. The Morgan fingerprint density at radius 3 is 2.61 bits per heavy atom. The van der Waals surface area contributed by atoms with E-state index in [1.165, 1.54) is 10.9 Å². The van der Waals surface area contributed by atoms with Crippen LogP contribution in [0.25, 0.3) is 10.9 Å². The number of thioether (sulfide) groups is 1. The molecule has 2 nitrogen and oxygen atoms in total.